The highest BCUT2D eigenvalue weighted by Gasteiger charge is 2.20. The molecule has 31 heavy (non-hydrogen) atoms. The minimum Gasteiger partial charge on any atom is -0.381 e. The summed E-state index contributed by atoms with van der Waals surface area (Å²) in [5.74, 6) is 0.896. The Morgan fingerprint density at radius 3 is 2.61 bits per heavy atom. The van der Waals surface area contributed by atoms with Crippen LogP contribution in [0.5, 0.6) is 0 Å². The fraction of sp³-hybridized carbons (Fsp3) is 0.280. The molecule has 1 aliphatic rings. The number of rotatable bonds is 5. The first kappa shape index (κ1) is 20.1. The Bertz CT molecular complexity index is 1200. The summed E-state index contributed by atoms with van der Waals surface area (Å²) in [4.78, 5) is 10.6. The Morgan fingerprint density at radius 1 is 1.06 bits per heavy atom. The maximum atomic E-state index is 5.53. The number of nitrogens with zero attached hydrogens (tertiary/aromatic N) is 3. The molecule has 1 aliphatic heterocycles. The van der Waals surface area contributed by atoms with Crippen molar-refractivity contribution in [1.29, 1.82) is 0 Å². The highest BCUT2D eigenvalue weighted by atomic mass is 32.2. The zero-order chi connectivity index (χ0) is 21.2. The predicted octanol–water partition coefficient (Wildman–Crippen LogP) is 5.71. The molecule has 0 aliphatic carbocycles. The van der Waals surface area contributed by atoms with Gasteiger partial charge in [0.15, 0.2) is 5.65 Å². The zero-order valence-electron chi connectivity index (χ0n) is 17.8. The van der Waals surface area contributed by atoms with E-state index in [0.29, 0.717) is 6.04 Å². The molecule has 0 saturated carbocycles. The number of hydrogen-bond donors (Lipinski definition) is 1. The van der Waals surface area contributed by atoms with Gasteiger partial charge in [-0.25, -0.2) is 9.97 Å². The first-order valence-corrected chi connectivity index (χ1v) is 11.9. The average molecular weight is 431 g/mol. The second-order valence-electron chi connectivity index (χ2n) is 7.93. The molecule has 2 aromatic carbocycles. The van der Waals surface area contributed by atoms with Gasteiger partial charge in [-0.2, -0.15) is 0 Å². The van der Waals surface area contributed by atoms with Crippen molar-refractivity contribution in [2.45, 2.75) is 30.7 Å². The third-order valence-electron chi connectivity index (χ3n) is 5.83. The van der Waals surface area contributed by atoms with Gasteiger partial charge < -0.3 is 14.6 Å². The fourth-order valence-corrected chi connectivity index (χ4v) is 4.58. The normalized spacial score (nSPS) is 14.8. The number of hydrogen-bond acceptors (Lipinski definition) is 5. The number of fused-ring (bicyclic) bond motifs is 1. The highest BCUT2D eigenvalue weighted by molar-refractivity contribution is 7.98. The molecule has 6 heteroatoms. The predicted molar refractivity (Wildman–Crippen MR) is 128 cm³/mol. The molecule has 0 bridgehead atoms. The van der Waals surface area contributed by atoms with Gasteiger partial charge in [-0.1, -0.05) is 24.3 Å². The largest absolute Gasteiger partial charge is 0.381 e. The van der Waals surface area contributed by atoms with Crippen molar-refractivity contribution >= 4 is 28.6 Å². The van der Waals surface area contributed by atoms with Gasteiger partial charge in [0, 0.05) is 41.6 Å². The van der Waals surface area contributed by atoms with Crippen LogP contribution in [0.2, 0.25) is 0 Å². The molecule has 3 heterocycles. The zero-order valence-corrected chi connectivity index (χ0v) is 18.7. The minimum absolute atomic E-state index is 0.362. The van der Waals surface area contributed by atoms with E-state index < -0.39 is 0 Å². The standard InChI is InChI=1S/C25H26N4OS/c1-17-4-3-5-20(14-17)29-15-22(18-6-8-21(31-2)9-7-18)23-24(26-16-27-25(23)29)28-19-10-12-30-13-11-19/h3-9,14-16,19H,10-13H2,1-2H3,(H,26,27,28). The molecule has 2 aromatic heterocycles. The Kier molecular flexibility index (Phi) is 5.66. The van der Waals surface area contributed by atoms with E-state index in [1.807, 2.05) is 0 Å². The fourth-order valence-electron chi connectivity index (χ4n) is 4.17. The number of aromatic nitrogens is 3. The maximum absolute atomic E-state index is 5.53. The molecule has 0 atom stereocenters. The lowest BCUT2D eigenvalue weighted by molar-refractivity contribution is 0.0904. The van der Waals surface area contributed by atoms with Crippen molar-refractivity contribution < 1.29 is 4.74 Å². The Morgan fingerprint density at radius 2 is 1.87 bits per heavy atom. The van der Waals surface area contributed by atoms with Gasteiger partial charge in [0.05, 0.1) is 5.39 Å². The number of benzene rings is 2. The van der Waals surface area contributed by atoms with E-state index in [1.165, 1.54) is 16.0 Å². The summed E-state index contributed by atoms with van der Waals surface area (Å²) in [6.45, 7) is 3.70. The van der Waals surface area contributed by atoms with Crippen LogP contribution in [-0.2, 0) is 4.74 Å². The van der Waals surface area contributed by atoms with Crippen LogP contribution in [0.1, 0.15) is 18.4 Å². The summed E-state index contributed by atoms with van der Waals surface area (Å²) < 4.78 is 7.71. The first-order chi connectivity index (χ1) is 15.2. The lowest BCUT2D eigenvalue weighted by Gasteiger charge is -2.24. The summed E-state index contributed by atoms with van der Waals surface area (Å²) in [5, 5.41) is 4.75. The molecule has 4 aromatic rings. The summed E-state index contributed by atoms with van der Waals surface area (Å²) in [6.07, 6.45) is 7.93. The first-order valence-electron chi connectivity index (χ1n) is 10.6. The van der Waals surface area contributed by atoms with E-state index >= 15 is 0 Å². The second-order valence-corrected chi connectivity index (χ2v) is 8.81. The number of aryl methyl sites for hydroxylation is 1. The molecule has 5 nitrogen and oxygen atoms in total. The monoisotopic (exact) mass is 430 g/mol. The Balaban J connectivity index is 1.68. The van der Waals surface area contributed by atoms with E-state index in [9.17, 15) is 0 Å². The molecule has 158 valence electrons. The summed E-state index contributed by atoms with van der Waals surface area (Å²) >= 11 is 1.75. The minimum atomic E-state index is 0.362. The second kappa shape index (κ2) is 8.73. The maximum Gasteiger partial charge on any atom is 0.150 e. The van der Waals surface area contributed by atoms with Crippen molar-refractivity contribution in [3.05, 3.63) is 66.6 Å². The summed E-state index contributed by atoms with van der Waals surface area (Å²) in [7, 11) is 0. The molecule has 1 fully saturated rings. The summed E-state index contributed by atoms with van der Waals surface area (Å²) in [5.41, 5.74) is 5.55. The molecular formula is C25H26N4OS. The molecule has 1 saturated heterocycles. The third kappa shape index (κ3) is 4.05. The molecule has 0 amide bonds. The lowest BCUT2D eigenvalue weighted by Crippen LogP contribution is -2.28. The van der Waals surface area contributed by atoms with Gasteiger partial charge in [-0.05, 0) is 61.4 Å². The average Bonchev–Trinajstić information content (AvgIpc) is 3.21. The van der Waals surface area contributed by atoms with E-state index in [-0.39, 0.29) is 0 Å². The van der Waals surface area contributed by atoms with Crippen molar-refractivity contribution in [1.82, 2.24) is 14.5 Å². The van der Waals surface area contributed by atoms with Crippen LogP contribution in [0.3, 0.4) is 0 Å². The van der Waals surface area contributed by atoms with Crippen molar-refractivity contribution in [3.8, 4) is 16.8 Å². The smallest absolute Gasteiger partial charge is 0.150 e. The van der Waals surface area contributed by atoms with E-state index in [2.05, 4.69) is 82.8 Å². The highest BCUT2D eigenvalue weighted by Crippen LogP contribution is 2.36. The summed E-state index contributed by atoms with van der Waals surface area (Å²) in [6, 6.07) is 17.6. The van der Waals surface area contributed by atoms with Crippen LogP contribution in [0.15, 0.2) is 66.0 Å². The molecule has 0 spiro atoms. The van der Waals surface area contributed by atoms with Crippen LogP contribution >= 0.6 is 11.8 Å². The number of ether oxygens (including phenoxy) is 1. The molecular weight excluding hydrogens is 404 g/mol. The van der Waals surface area contributed by atoms with Gasteiger partial charge in [-0.3, -0.25) is 0 Å². The van der Waals surface area contributed by atoms with Crippen LogP contribution in [0.25, 0.3) is 27.8 Å². The molecule has 0 radical (unpaired) electrons. The molecule has 0 unspecified atom stereocenters. The van der Waals surface area contributed by atoms with Crippen LogP contribution in [0.4, 0.5) is 5.82 Å². The SMILES string of the molecule is CSc1ccc(-c2cn(-c3cccc(C)c3)c3ncnc(NC4CCOCC4)c23)cc1. The van der Waals surface area contributed by atoms with Crippen LogP contribution in [0, 0.1) is 6.92 Å². The van der Waals surface area contributed by atoms with E-state index in [4.69, 9.17) is 9.72 Å². The van der Waals surface area contributed by atoms with Gasteiger partial charge in [0.2, 0.25) is 0 Å². The molecule has 1 N–H and O–H groups in total. The lowest BCUT2D eigenvalue weighted by atomic mass is 10.1. The van der Waals surface area contributed by atoms with Crippen molar-refractivity contribution in [3.63, 3.8) is 0 Å². The van der Waals surface area contributed by atoms with Gasteiger partial charge in [0.1, 0.15) is 12.1 Å². The topological polar surface area (TPSA) is 52.0 Å². The van der Waals surface area contributed by atoms with Crippen LogP contribution in [-0.4, -0.2) is 40.0 Å². The third-order valence-corrected chi connectivity index (χ3v) is 6.57. The van der Waals surface area contributed by atoms with Crippen LogP contribution < -0.4 is 5.32 Å². The Labute approximate surface area is 186 Å². The number of nitrogens with one attached hydrogen (secondary N) is 1. The van der Waals surface area contributed by atoms with Gasteiger partial charge >= 0.3 is 0 Å². The molecule has 5 rings (SSSR count). The number of thioether (sulfide) groups is 1. The van der Waals surface area contributed by atoms with Crippen molar-refractivity contribution in [2.24, 2.45) is 0 Å². The quantitative estimate of drug-likeness (QED) is 0.411. The van der Waals surface area contributed by atoms with E-state index in [0.717, 1.165) is 54.2 Å². The number of anilines is 1. The Hall–Kier alpha value is -2.83. The van der Waals surface area contributed by atoms with Gasteiger partial charge in [-0.15, -0.1) is 11.8 Å². The van der Waals surface area contributed by atoms with Crippen molar-refractivity contribution in [2.75, 3.05) is 24.8 Å². The van der Waals surface area contributed by atoms with Gasteiger partial charge in [0.25, 0.3) is 0 Å². The van der Waals surface area contributed by atoms with E-state index in [1.54, 1.807) is 18.1 Å².